The van der Waals surface area contributed by atoms with E-state index < -0.39 is 11.9 Å². The molecule has 19 heavy (non-hydrogen) atoms. The summed E-state index contributed by atoms with van der Waals surface area (Å²) in [5, 5.41) is 9.19. The molecule has 0 aliphatic carbocycles. The third kappa shape index (κ3) is 2.62. The number of carboxylic acid groups (broad SMARTS) is 1. The molecule has 0 aromatic carbocycles. The number of aromatic amines is 1. The number of pyridine rings is 1. The molecule has 2 heterocycles. The van der Waals surface area contributed by atoms with E-state index in [0.717, 1.165) is 0 Å². The molecule has 0 spiro atoms. The molecule has 2 rings (SSSR count). The van der Waals surface area contributed by atoms with Gasteiger partial charge >= 0.3 is 5.97 Å². The van der Waals surface area contributed by atoms with E-state index in [9.17, 15) is 14.3 Å². The minimum absolute atomic E-state index is 0.0154. The van der Waals surface area contributed by atoms with Crippen LogP contribution >= 0.6 is 0 Å². The summed E-state index contributed by atoms with van der Waals surface area (Å²) in [4.78, 5) is 21.9. The Morgan fingerprint density at radius 2 is 2.05 bits per heavy atom. The molecule has 0 atom stereocenters. The second-order valence-corrected chi connectivity index (χ2v) is 5.23. The normalized spacial score (nSPS) is 11.6. The highest BCUT2D eigenvalue weighted by Crippen LogP contribution is 2.26. The van der Waals surface area contributed by atoms with E-state index in [1.54, 1.807) is 0 Å². The van der Waals surface area contributed by atoms with Crippen LogP contribution in [0.3, 0.4) is 0 Å². The largest absolute Gasteiger partial charge is 0.477 e. The Balaban J connectivity index is 2.58. The minimum Gasteiger partial charge on any atom is -0.477 e. The van der Waals surface area contributed by atoms with Gasteiger partial charge in [-0.1, -0.05) is 20.8 Å². The summed E-state index contributed by atoms with van der Waals surface area (Å²) < 4.78 is 12.8. The molecule has 0 radical (unpaired) electrons. The van der Waals surface area contributed by atoms with Crippen molar-refractivity contribution in [2.24, 2.45) is 0 Å². The highest BCUT2D eigenvalue weighted by Gasteiger charge is 2.24. The van der Waals surface area contributed by atoms with Crippen LogP contribution in [0.25, 0.3) is 11.3 Å². The summed E-state index contributed by atoms with van der Waals surface area (Å²) in [5.74, 6) is -1.17. The molecule has 0 bridgehead atoms. The zero-order chi connectivity index (χ0) is 14.2. The zero-order valence-corrected chi connectivity index (χ0v) is 10.9. The van der Waals surface area contributed by atoms with E-state index in [2.05, 4.69) is 15.0 Å². The van der Waals surface area contributed by atoms with Crippen LogP contribution in [0, 0.1) is 5.95 Å². The number of nitrogens with zero attached hydrogens (tertiary/aromatic N) is 2. The van der Waals surface area contributed by atoms with Gasteiger partial charge in [0.25, 0.3) is 0 Å². The van der Waals surface area contributed by atoms with E-state index in [1.165, 1.54) is 18.3 Å². The van der Waals surface area contributed by atoms with Crippen molar-refractivity contribution in [3.05, 3.63) is 35.8 Å². The Morgan fingerprint density at radius 1 is 1.37 bits per heavy atom. The summed E-state index contributed by atoms with van der Waals surface area (Å²) >= 11 is 0. The molecule has 0 saturated heterocycles. The number of hydrogen-bond donors (Lipinski definition) is 2. The lowest BCUT2D eigenvalue weighted by atomic mass is 9.96. The summed E-state index contributed by atoms with van der Waals surface area (Å²) in [7, 11) is 0. The van der Waals surface area contributed by atoms with Crippen molar-refractivity contribution in [3.8, 4) is 11.3 Å². The first kappa shape index (κ1) is 13.2. The van der Waals surface area contributed by atoms with Gasteiger partial charge in [0.15, 0.2) is 5.69 Å². The Labute approximate surface area is 109 Å². The fourth-order valence-corrected chi connectivity index (χ4v) is 1.61. The van der Waals surface area contributed by atoms with Crippen molar-refractivity contribution in [1.82, 2.24) is 15.0 Å². The number of aromatic carboxylic acids is 1. The van der Waals surface area contributed by atoms with Crippen LogP contribution in [0.15, 0.2) is 18.3 Å². The molecule has 0 fully saturated rings. The third-order valence-corrected chi connectivity index (χ3v) is 2.63. The van der Waals surface area contributed by atoms with Gasteiger partial charge in [-0.05, 0) is 12.1 Å². The molecule has 0 unspecified atom stereocenters. The molecule has 5 nitrogen and oxygen atoms in total. The Morgan fingerprint density at radius 3 is 2.53 bits per heavy atom. The SMILES string of the molecule is CC(C)(C)c1nc(-c2ccc(F)nc2)c(C(=O)O)[nH]1. The first-order valence-corrected chi connectivity index (χ1v) is 5.75. The summed E-state index contributed by atoms with van der Waals surface area (Å²) in [6.45, 7) is 5.76. The number of H-pyrrole nitrogens is 1. The molecular formula is C13H14FN3O2. The van der Waals surface area contributed by atoms with Crippen molar-refractivity contribution in [3.63, 3.8) is 0 Å². The van der Waals surface area contributed by atoms with Gasteiger partial charge in [-0.3, -0.25) is 0 Å². The van der Waals surface area contributed by atoms with Gasteiger partial charge in [0, 0.05) is 17.2 Å². The van der Waals surface area contributed by atoms with Crippen LogP contribution in [0.1, 0.15) is 37.1 Å². The minimum atomic E-state index is -1.11. The second kappa shape index (κ2) is 4.46. The Kier molecular flexibility index (Phi) is 3.09. The number of nitrogens with one attached hydrogen (secondary N) is 1. The molecule has 0 aliphatic rings. The summed E-state index contributed by atoms with van der Waals surface area (Å²) in [5.41, 5.74) is 0.407. The standard InChI is InChI=1S/C13H14FN3O2/c1-13(2,3)12-16-9(10(17-12)11(18)19)7-4-5-8(14)15-6-7/h4-6H,1-3H3,(H,16,17)(H,18,19). The maximum atomic E-state index is 12.8. The van der Waals surface area contributed by atoms with Crippen molar-refractivity contribution >= 4 is 5.97 Å². The van der Waals surface area contributed by atoms with Crippen LogP contribution in [-0.4, -0.2) is 26.0 Å². The van der Waals surface area contributed by atoms with Gasteiger partial charge in [0.2, 0.25) is 5.95 Å². The molecule has 0 saturated carbocycles. The van der Waals surface area contributed by atoms with E-state index in [1.807, 2.05) is 20.8 Å². The quantitative estimate of drug-likeness (QED) is 0.816. The number of aromatic nitrogens is 3. The number of halogens is 1. The van der Waals surface area contributed by atoms with Crippen LogP contribution < -0.4 is 0 Å². The van der Waals surface area contributed by atoms with E-state index in [4.69, 9.17) is 0 Å². The van der Waals surface area contributed by atoms with Gasteiger partial charge in [-0.15, -0.1) is 0 Å². The van der Waals surface area contributed by atoms with Crippen LogP contribution in [0.5, 0.6) is 0 Å². The predicted molar refractivity (Wildman–Crippen MR) is 67.4 cm³/mol. The highest BCUT2D eigenvalue weighted by molar-refractivity contribution is 5.92. The average molecular weight is 263 g/mol. The molecular weight excluding hydrogens is 249 g/mol. The second-order valence-electron chi connectivity index (χ2n) is 5.23. The molecule has 0 aliphatic heterocycles. The molecule has 100 valence electrons. The first-order chi connectivity index (χ1) is 8.79. The number of imidazole rings is 1. The molecule has 6 heteroatoms. The number of carboxylic acids is 1. The number of carbonyl (C=O) groups is 1. The molecule has 2 N–H and O–H groups in total. The predicted octanol–water partition coefficient (Wildman–Crippen LogP) is 2.61. The van der Waals surface area contributed by atoms with Crippen LogP contribution in [0.4, 0.5) is 4.39 Å². The maximum Gasteiger partial charge on any atom is 0.354 e. The van der Waals surface area contributed by atoms with E-state index in [-0.39, 0.29) is 16.8 Å². The summed E-state index contributed by atoms with van der Waals surface area (Å²) in [6.07, 6.45) is 1.27. The third-order valence-electron chi connectivity index (χ3n) is 2.63. The van der Waals surface area contributed by atoms with Gasteiger partial charge in [-0.2, -0.15) is 4.39 Å². The Hall–Kier alpha value is -2.24. The van der Waals surface area contributed by atoms with Gasteiger partial charge in [0.05, 0.1) is 0 Å². The lowest BCUT2D eigenvalue weighted by Crippen LogP contribution is -2.13. The van der Waals surface area contributed by atoms with Crippen LogP contribution in [-0.2, 0) is 5.41 Å². The van der Waals surface area contributed by atoms with Crippen molar-refractivity contribution in [2.45, 2.75) is 26.2 Å². The number of hydrogen-bond acceptors (Lipinski definition) is 3. The van der Waals surface area contributed by atoms with Crippen molar-refractivity contribution < 1.29 is 14.3 Å². The van der Waals surface area contributed by atoms with Gasteiger partial charge in [0.1, 0.15) is 11.5 Å². The van der Waals surface area contributed by atoms with Gasteiger partial charge < -0.3 is 10.1 Å². The van der Waals surface area contributed by atoms with E-state index in [0.29, 0.717) is 11.4 Å². The highest BCUT2D eigenvalue weighted by atomic mass is 19.1. The van der Waals surface area contributed by atoms with Crippen molar-refractivity contribution in [2.75, 3.05) is 0 Å². The monoisotopic (exact) mass is 263 g/mol. The fourth-order valence-electron chi connectivity index (χ4n) is 1.61. The topological polar surface area (TPSA) is 78.9 Å². The molecule has 2 aromatic rings. The molecule has 0 amide bonds. The fraction of sp³-hybridized carbons (Fsp3) is 0.308. The average Bonchev–Trinajstić information content (AvgIpc) is 2.74. The molecule has 2 aromatic heterocycles. The summed E-state index contributed by atoms with van der Waals surface area (Å²) in [6, 6.07) is 2.63. The van der Waals surface area contributed by atoms with Crippen LogP contribution in [0.2, 0.25) is 0 Å². The number of rotatable bonds is 2. The zero-order valence-electron chi connectivity index (χ0n) is 10.9. The van der Waals surface area contributed by atoms with Crippen molar-refractivity contribution in [1.29, 1.82) is 0 Å². The Bertz CT molecular complexity index is 612. The van der Waals surface area contributed by atoms with Gasteiger partial charge in [-0.25, -0.2) is 14.8 Å². The maximum absolute atomic E-state index is 12.8. The smallest absolute Gasteiger partial charge is 0.354 e. The van der Waals surface area contributed by atoms with E-state index >= 15 is 0 Å². The lowest BCUT2D eigenvalue weighted by molar-refractivity contribution is 0.0692. The lowest BCUT2D eigenvalue weighted by Gasteiger charge is -2.13. The first-order valence-electron chi connectivity index (χ1n) is 5.75.